The molecule has 0 aliphatic rings. The number of hydrogen-bond acceptors (Lipinski definition) is 4. The molecule has 0 bridgehead atoms. The van der Waals surface area contributed by atoms with Crippen molar-refractivity contribution in [3.05, 3.63) is 59.9 Å². The zero-order valence-electron chi connectivity index (χ0n) is 14.5. The lowest BCUT2D eigenvalue weighted by atomic mass is 10.0. The van der Waals surface area contributed by atoms with E-state index < -0.39 is 0 Å². The van der Waals surface area contributed by atoms with Crippen LogP contribution in [0.1, 0.15) is 35.5 Å². The van der Waals surface area contributed by atoms with Crippen LogP contribution in [0.2, 0.25) is 0 Å². The van der Waals surface area contributed by atoms with Gasteiger partial charge in [-0.1, -0.05) is 31.2 Å². The molecule has 5 nitrogen and oxygen atoms in total. The number of amides is 1. The highest BCUT2D eigenvalue weighted by atomic mass is 16.5. The summed E-state index contributed by atoms with van der Waals surface area (Å²) in [5.74, 6) is 1.36. The Kier molecular flexibility index (Phi) is 4.93. The van der Waals surface area contributed by atoms with Crippen molar-refractivity contribution >= 4 is 16.9 Å². The number of methoxy groups -OCH3 is 2. The second-order valence-electron chi connectivity index (χ2n) is 5.70. The molecular formula is C20H21NO4. The summed E-state index contributed by atoms with van der Waals surface area (Å²) in [5.41, 5.74) is 1.65. The Labute approximate surface area is 146 Å². The molecule has 130 valence electrons. The molecule has 3 rings (SSSR count). The molecule has 0 spiro atoms. The lowest BCUT2D eigenvalue weighted by molar-refractivity contribution is 0.0909. The van der Waals surface area contributed by atoms with Gasteiger partial charge in [-0.15, -0.1) is 0 Å². The minimum Gasteiger partial charge on any atom is -0.493 e. The molecule has 0 aliphatic carbocycles. The van der Waals surface area contributed by atoms with Gasteiger partial charge in [0.1, 0.15) is 5.58 Å². The van der Waals surface area contributed by atoms with Crippen molar-refractivity contribution in [2.45, 2.75) is 19.4 Å². The van der Waals surface area contributed by atoms with Crippen LogP contribution in [0.25, 0.3) is 11.0 Å². The third-order valence-electron chi connectivity index (χ3n) is 4.17. The van der Waals surface area contributed by atoms with Gasteiger partial charge < -0.3 is 19.2 Å². The Hall–Kier alpha value is -2.95. The number of benzene rings is 2. The number of carbonyl (C=O) groups is 1. The molecule has 25 heavy (non-hydrogen) atoms. The Bertz CT molecular complexity index is 851. The van der Waals surface area contributed by atoms with E-state index in [0.717, 1.165) is 17.4 Å². The minimum atomic E-state index is -0.238. The highest BCUT2D eigenvalue weighted by Crippen LogP contribution is 2.31. The first-order valence-electron chi connectivity index (χ1n) is 8.17. The molecular weight excluding hydrogens is 318 g/mol. The number of ether oxygens (including phenoxy) is 2. The molecule has 1 heterocycles. The van der Waals surface area contributed by atoms with E-state index in [1.807, 2.05) is 49.4 Å². The first-order valence-corrected chi connectivity index (χ1v) is 8.17. The molecule has 3 aromatic rings. The van der Waals surface area contributed by atoms with Gasteiger partial charge in [-0.2, -0.15) is 0 Å². The molecule has 1 aromatic heterocycles. The average Bonchev–Trinajstić information content (AvgIpc) is 3.09. The normalized spacial score (nSPS) is 12.0. The van der Waals surface area contributed by atoms with Crippen LogP contribution in [0.15, 0.2) is 52.9 Å². The second-order valence-corrected chi connectivity index (χ2v) is 5.70. The monoisotopic (exact) mass is 339 g/mol. The predicted octanol–water partition coefficient (Wildman–Crippen LogP) is 4.33. The van der Waals surface area contributed by atoms with Crippen LogP contribution in [0, 0.1) is 0 Å². The number of para-hydroxylation sites is 1. The summed E-state index contributed by atoms with van der Waals surface area (Å²) in [6, 6.07) is 14.8. The van der Waals surface area contributed by atoms with Crippen molar-refractivity contribution in [2.24, 2.45) is 0 Å². The quantitative estimate of drug-likeness (QED) is 0.726. The summed E-state index contributed by atoms with van der Waals surface area (Å²) in [6.45, 7) is 2.01. The fraction of sp³-hybridized carbons (Fsp3) is 0.250. The second kappa shape index (κ2) is 7.30. The molecule has 0 saturated carbocycles. The summed E-state index contributed by atoms with van der Waals surface area (Å²) >= 11 is 0. The Balaban J connectivity index is 1.82. The first-order chi connectivity index (χ1) is 12.2. The van der Waals surface area contributed by atoms with Gasteiger partial charge in [-0.25, -0.2) is 0 Å². The van der Waals surface area contributed by atoms with Crippen molar-refractivity contribution in [1.82, 2.24) is 5.32 Å². The molecule has 2 aromatic carbocycles. The Morgan fingerprint density at radius 1 is 1.08 bits per heavy atom. The summed E-state index contributed by atoms with van der Waals surface area (Å²) in [7, 11) is 3.19. The molecule has 1 N–H and O–H groups in total. The number of furan rings is 1. The van der Waals surface area contributed by atoms with E-state index in [1.54, 1.807) is 20.3 Å². The van der Waals surface area contributed by atoms with E-state index in [0.29, 0.717) is 22.8 Å². The first kappa shape index (κ1) is 16.9. The van der Waals surface area contributed by atoms with Crippen molar-refractivity contribution in [3.8, 4) is 11.5 Å². The number of carbonyl (C=O) groups excluding carboxylic acids is 1. The van der Waals surface area contributed by atoms with Crippen LogP contribution in [0.5, 0.6) is 11.5 Å². The average molecular weight is 339 g/mol. The number of fused-ring (bicyclic) bond motifs is 1. The number of hydrogen-bond donors (Lipinski definition) is 1. The zero-order chi connectivity index (χ0) is 17.8. The third kappa shape index (κ3) is 3.45. The molecule has 0 aliphatic heterocycles. The van der Waals surface area contributed by atoms with Crippen molar-refractivity contribution in [2.75, 3.05) is 14.2 Å². The highest BCUT2D eigenvalue weighted by Gasteiger charge is 2.18. The Morgan fingerprint density at radius 2 is 1.84 bits per heavy atom. The van der Waals surface area contributed by atoms with Gasteiger partial charge in [0.05, 0.1) is 20.3 Å². The largest absolute Gasteiger partial charge is 0.493 e. The van der Waals surface area contributed by atoms with Gasteiger partial charge in [-0.05, 0) is 36.2 Å². The van der Waals surface area contributed by atoms with E-state index in [4.69, 9.17) is 13.9 Å². The van der Waals surface area contributed by atoms with Crippen LogP contribution in [0.4, 0.5) is 0 Å². The molecule has 1 amide bonds. The molecule has 5 heteroatoms. The lowest BCUT2D eigenvalue weighted by Crippen LogP contribution is -2.27. The standard InChI is InChI=1S/C20H21NO4/c1-4-15(13-9-10-17(23-2)18(11-13)24-3)21-20(22)19-12-14-7-5-6-8-16(14)25-19/h5-12,15H,4H2,1-3H3,(H,21,22)/t15-/m0/s1. The van der Waals surface area contributed by atoms with E-state index in [-0.39, 0.29) is 11.9 Å². The van der Waals surface area contributed by atoms with Gasteiger partial charge in [-0.3, -0.25) is 4.79 Å². The third-order valence-corrected chi connectivity index (χ3v) is 4.17. The molecule has 1 atom stereocenters. The number of nitrogens with one attached hydrogen (secondary N) is 1. The summed E-state index contributed by atoms with van der Waals surface area (Å²) < 4.78 is 16.2. The van der Waals surface area contributed by atoms with Crippen molar-refractivity contribution in [3.63, 3.8) is 0 Å². The molecule has 0 unspecified atom stereocenters. The van der Waals surface area contributed by atoms with E-state index in [9.17, 15) is 4.79 Å². The van der Waals surface area contributed by atoms with Crippen LogP contribution >= 0.6 is 0 Å². The van der Waals surface area contributed by atoms with Crippen LogP contribution in [-0.4, -0.2) is 20.1 Å². The maximum absolute atomic E-state index is 12.6. The maximum atomic E-state index is 12.6. The Morgan fingerprint density at radius 3 is 2.52 bits per heavy atom. The van der Waals surface area contributed by atoms with Crippen molar-refractivity contribution in [1.29, 1.82) is 0 Å². The lowest BCUT2D eigenvalue weighted by Gasteiger charge is -2.18. The maximum Gasteiger partial charge on any atom is 0.287 e. The number of rotatable bonds is 6. The summed E-state index contributed by atoms with van der Waals surface area (Å²) in [4.78, 5) is 12.6. The fourth-order valence-electron chi connectivity index (χ4n) is 2.81. The van der Waals surface area contributed by atoms with Gasteiger partial charge in [0.25, 0.3) is 5.91 Å². The van der Waals surface area contributed by atoms with E-state index >= 15 is 0 Å². The molecule has 0 saturated heterocycles. The highest BCUT2D eigenvalue weighted by molar-refractivity contribution is 5.96. The van der Waals surface area contributed by atoms with Gasteiger partial charge in [0.15, 0.2) is 17.3 Å². The zero-order valence-corrected chi connectivity index (χ0v) is 14.5. The summed E-state index contributed by atoms with van der Waals surface area (Å²) in [6.07, 6.45) is 0.738. The van der Waals surface area contributed by atoms with E-state index in [1.165, 1.54) is 0 Å². The van der Waals surface area contributed by atoms with Gasteiger partial charge in [0, 0.05) is 5.39 Å². The fourth-order valence-corrected chi connectivity index (χ4v) is 2.81. The van der Waals surface area contributed by atoms with Gasteiger partial charge >= 0.3 is 0 Å². The minimum absolute atomic E-state index is 0.152. The van der Waals surface area contributed by atoms with Crippen LogP contribution in [0.3, 0.4) is 0 Å². The SMILES string of the molecule is CC[C@H](NC(=O)c1cc2ccccc2o1)c1ccc(OC)c(OC)c1. The molecule has 0 fully saturated rings. The van der Waals surface area contributed by atoms with Crippen LogP contribution in [-0.2, 0) is 0 Å². The summed E-state index contributed by atoms with van der Waals surface area (Å²) in [5, 5.41) is 3.93. The predicted molar refractivity (Wildman–Crippen MR) is 96.3 cm³/mol. The van der Waals surface area contributed by atoms with Crippen LogP contribution < -0.4 is 14.8 Å². The topological polar surface area (TPSA) is 60.7 Å². The molecule has 0 radical (unpaired) electrons. The smallest absolute Gasteiger partial charge is 0.287 e. The van der Waals surface area contributed by atoms with Gasteiger partial charge in [0.2, 0.25) is 0 Å². The van der Waals surface area contributed by atoms with E-state index in [2.05, 4.69) is 5.32 Å². The van der Waals surface area contributed by atoms with Crippen molar-refractivity contribution < 1.29 is 18.7 Å².